The second-order valence-electron chi connectivity index (χ2n) is 9.62. The highest BCUT2D eigenvalue weighted by Gasteiger charge is 1.97. The lowest BCUT2D eigenvalue weighted by molar-refractivity contribution is -0.137. The molecule has 31 heavy (non-hydrogen) atoms. The Labute approximate surface area is 195 Å². The number of hydrogen-bond acceptors (Lipinski definition) is 1. The van der Waals surface area contributed by atoms with Gasteiger partial charge in [0.25, 0.3) is 0 Å². The van der Waals surface area contributed by atoms with Crippen molar-refractivity contribution in [3.8, 4) is 0 Å². The Kier molecular flexibility index (Phi) is 26.5. The van der Waals surface area contributed by atoms with Crippen LogP contribution in [0.1, 0.15) is 167 Å². The van der Waals surface area contributed by atoms with Gasteiger partial charge in [-0.25, -0.2) is 0 Å². The molecule has 0 unspecified atom stereocenters. The fourth-order valence-corrected chi connectivity index (χ4v) is 4.30. The van der Waals surface area contributed by atoms with Gasteiger partial charge >= 0.3 is 5.97 Å². The summed E-state index contributed by atoms with van der Waals surface area (Å²) >= 11 is 0. The second kappa shape index (κ2) is 27.2. The van der Waals surface area contributed by atoms with Crippen molar-refractivity contribution >= 4 is 5.97 Å². The lowest BCUT2D eigenvalue weighted by Crippen LogP contribution is -1.93. The molecule has 2 heteroatoms. The Bertz CT molecular complexity index is 375. The van der Waals surface area contributed by atoms with Gasteiger partial charge in [-0.2, -0.15) is 0 Å². The number of unbranched alkanes of at least 4 members (excludes halogenated alkanes) is 22. The monoisotopic (exact) mass is 436 g/mol. The minimum absolute atomic E-state index is 0.345. The van der Waals surface area contributed by atoms with Crippen LogP contribution in [-0.4, -0.2) is 11.1 Å². The van der Waals surface area contributed by atoms with Gasteiger partial charge in [0.1, 0.15) is 0 Å². The average molecular weight is 437 g/mol. The van der Waals surface area contributed by atoms with E-state index in [-0.39, 0.29) is 0 Å². The number of hydrogen-bond donors (Lipinski definition) is 1. The van der Waals surface area contributed by atoms with E-state index in [1.165, 1.54) is 141 Å². The van der Waals surface area contributed by atoms with Crippen molar-refractivity contribution in [2.45, 2.75) is 167 Å². The number of rotatable bonds is 26. The Morgan fingerprint density at radius 1 is 0.484 bits per heavy atom. The molecule has 0 aromatic heterocycles. The van der Waals surface area contributed by atoms with Crippen LogP contribution in [0.5, 0.6) is 0 Å². The van der Waals surface area contributed by atoms with Gasteiger partial charge in [0.15, 0.2) is 0 Å². The summed E-state index contributed by atoms with van der Waals surface area (Å²) in [5.41, 5.74) is 0. The molecular weight excluding hydrogens is 380 g/mol. The standard InChI is InChI=1S/C29H56O2/c1-2-3-4-5-6-7-8-9-10-11-12-13-14-15-16-17-18-19-20-21-22-23-24-25-26-27-28-29(30)31/h4-5H,2-3,6-28H2,1H3,(H,30,31). The molecular formula is C29H56O2. The first-order valence-corrected chi connectivity index (χ1v) is 14.1. The highest BCUT2D eigenvalue weighted by Crippen LogP contribution is 2.15. The molecule has 0 aliphatic heterocycles. The Morgan fingerprint density at radius 2 is 0.774 bits per heavy atom. The Hall–Kier alpha value is -0.790. The molecule has 0 heterocycles. The first-order valence-electron chi connectivity index (χ1n) is 14.1. The average Bonchev–Trinajstić information content (AvgIpc) is 2.76. The van der Waals surface area contributed by atoms with E-state index in [0.717, 1.165) is 12.8 Å². The van der Waals surface area contributed by atoms with E-state index >= 15 is 0 Å². The molecule has 2 nitrogen and oxygen atoms in total. The molecule has 0 aromatic carbocycles. The van der Waals surface area contributed by atoms with Crippen molar-refractivity contribution in [1.29, 1.82) is 0 Å². The number of aliphatic carboxylic acids is 1. The van der Waals surface area contributed by atoms with Crippen LogP contribution in [0, 0.1) is 0 Å². The first-order chi connectivity index (χ1) is 15.3. The van der Waals surface area contributed by atoms with Crippen LogP contribution in [0.25, 0.3) is 0 Å². The number of carboxylic acids is 1. The summed E-state index contributed by atoms with van der Waals surface area (Å²) in [6, 6.07) is 0. The minimum Gasteiger partial charge on any atom is -0.481 e. The van der Waals surface area contributed by atoms with Gasteiger partial charge in [-0.3, -0.25) is 4.79 Å². The third kappa shape index (κ3) is 29.2. The van der Waals surface area contributed by atoms with Gasteiger partial charge in [-0.15, -0.1) is 0 Å². The topological polar surface area (TPSA) is 37.3 Å². The van der Waals surface area contributed by atoms with E-state index in [0.29, 0.717) is 6.42 Å². The number of allylic oxidation sites excluding steroid dienone is 2. The molecule has 0 atom stereocenters. The molecule has 0 rings (SSSR count). The molecule has 0 fully saturated rings. The van der Waals surface area contributed by atoms with Crippen LogP contribution < -0.4 is 0 Å². The molecule has 0 aliphatic rings. The minimum atomic E-state index is -0.650. The summed E-state index contributed by atoms with van der Waals surface area (Å²) in [5, 5.41) is 8.60. The summed E-state index contributed by atoms with van der Waals surface area (Å²) in [6.07, 6.45) is 37.5. The molecule has 0 bridgehead atoms. The van der Waals surface area contributed by atoms with Gasteiger partial charge in [-0.1, -0.05) is 147 Å². The lowest BCUT2D eigenvalue weighted by atomic mass is 10.0. The van der Waals surface area contributed by atoms with Crippen LogP contribution in [0.4, 0.5) is 0 Å². The van der Waals surface area contributed by atoms with Gasteiger partial charge in [0, 0.05) is 6.42 Å². The van der Waals surface area contributed by atoms with Crippen molar-refractivity contribution in [3.63, 3.8) is 0 Å². The predicted octanol–water partition coefficient (Wildman–Crippen LogP) is 10.4. The molecule has 1 N–H and O–H groups in total. The zero-order chi connectivity index (χ0) is 22.7. The van der Waals surface area contributed by atoms with Crippen molar-refractivity contribution in [2.75, 3.05) is 0 Å². The van der Waals surface area contributed by atoms with Crippen LogP contribution in [-0.2, 0) is 4.79 Å². The largest absolute Gasteiger partial charge is 0.481 e. The van der Waals surface area contributed by atoms with E-state index in [4.69, 9.17) is 5.11 Å². The van der Waals surface area contributed by atoms with Gasteiger partial charge in [0.2, 0.25) is 0 Å². The molecule has 0 aromatic rings. The molecule has 0 saturated carbocycles. The van der Waals surface area contributed by atoms with Crippen molar-refractivity contribution in [3.05, 3.63) is 12.2 Å². The highest BCUT2D eigenvalue weighted by atomic mass is 16.4. The van der Waals surface area contributed by atoms with E-state index in [2.05, 4.69) is 19.1 Å². The predicted molar refractivity (Wildman–Crippen MR) is 138 cm³/mol. The van der Waals surface area contributed by atoms with Crippen molar-refractivity contribution < 1.29 is 9.90 Å². The molecule has 0 aliphatic carbocycles. The van der Waals surface area contributed by atoms with Crippen LogP contribution in [0.2, 0.25) is 0 Å². The lowest BCUT2D eigenvalue weighted by Gasteiger charge is -2.04. The maximum atomic E-state index is 10.4. The molecule has 0 spiro atoms. The van der Waals surface area contributed by atoms with Crippen molar-refractivity contribution in [2.24, 2.45) is 0 Å². The van der Waals surface area contributed by atoms with E-state index in [1.807, 2.05) is 0 Å². The zero-order valence-corrected chi connectivity index (χ0v) is 21.2. The quantitative estimate of drug-likeness (QED) is 0.108. The number of carboxylic acid groups (broad SMARTS) is 1. The van der Waals surface area contributed by atoms with Gasteiger partial charge in [-0.05, 0) is 25.7 Å². The second-order valence-corrected chi connectivity index (χ2v) is 9.62. The smallest absolute Gasteiger partial charge is 0.303 e. The summed E-state index contributed by atoms with van der Waals surface area (Å²) in [6.45, 7) is 2.24. The summed E-state index contributed by atoms with van der Waals surface area (Å²) in [4.78, 5) is 10.4. The highest BCUT2D eigenvalue weighted by molar-refractivity contribution is 5.66. The van der Waals surface area contributed by atoms with Crippen LogP contribution in [0.3, 0.4) is 0 Å². The van der Waals surface area contributed by atoms with Crippen molar-refractivity contribution in [1.82, 2.24) is 0 Å². The maximum absolute atomic E-state index is 10.4. The maximum Gasteiger partial charge on any atom is 0.303 e. The van der Waals surface area contributed by atoms with Crippen LogP contribution in [0.15, 0.2) is 12.2 Å². The SMILES string of the molecule is CCCC=CCCCCCCCCCCCCCCCCCCCCCCCC(=O)O. The molecule has 0 radical (unpaired) electrons. The third-order valence-electron chi connectivity index (χ3n) is 6.38. The van der Waals surface area contributed by atoms with E-state index < -0.39 is 5.97 Å². The van der Waals surface area contributed by atoms with E-state index in [9.17, 15) is 4.79 Å². The molecule has 184 valence electrons. The third-order valence-corrected chi connectivity index (χ3v) is 6.38. The zero-order valence-electron chi connectivity index (χ0n) is 21.2. The molecule has 0 amide bonds. The van der Waals surface area contributed by atoms with E-state index in [1.54, 1.807) is 0 Å². The summed E-state index contributed by atoms with van der Waals surface area (Å²) in [5.74, 6) is -0.650. The normalized spacial score (nSPS) is 11.5. The fourth-order valence-electron chi connectivity index (χ4n) is 4.30. The summed E-state index contributed by atoms with van der Waals surface area (Å²) < 4.78 is 0. The summed E-state index contributed by atoms with van der Waals surface area (Å²) in [7, 11) is 0. The van der Waals surface area contributed by atoms with Crippen LogP contribution >= 0.6 is 0 Å². The number of carbonyl (C=O) groups is 1. The van der Waals surface area contributed by atoms with Gasteiger partial charge in [0.05, 0.1) is 0 Å². The fraction of sp³-hybridized carbons (Fsp3) is 0.897. The molecule has 0 saturated heterocycles. The van der Waals surface area contributed by atoms with Gasteiger partial charge < -0.3 is 5.11 Å². The Balaban J connectivity index is 3.03. The first kappa shape index (κ1) is 30.2. The Morgan fingerprint density at radius 3 is 1.10 bits per heavy atom.